The molecule has 0 spiro atoms. The minimum atomic E-state index is -3.32. The van der Waals surface area contributed by atoms with Crippen molar-refractivity contribution in [2.24, 2.45) is 5.41 Å². The van der Waals surface area contributed by atoms with E-state index >= 15 is 0 Å². The molecule has 23 heavy (non-hydrogen) atoms. The van der Waals surface area contributed by atoms with Crippen LogP contribution in [0.1, 0.15) is 26.3 Å². The molecule has 1 aromatic rings. The minimum Gasteiger partial charge on any atom is -0.354 e. The fourth-order valence-electron chi connectivity index (χ4n) is 1.91. The van der Waals surface area contributed by atoms with Crippen LogP contribution in [0.25, 0.3) is 0 Å². The van der Waals surface area contributed by atoms with Crippen molar-refractivity contribution in [3.05, 3.63) is 34.9 Å². The van der Waals surface area contributed by atoms with Crippen LogP contribution in [-0.4, -0.2) is 44.5 Å². The SMILES string of the molecule is CC(C)(C)C(=O)NCCN(CCc1ccc(Cl)cc1)S(C)(=O)=O. The normalized spacial score (nSPS) is 12.4. The molecule has 1 aromatic carbocycles. The first-order valence-electron chi connectivity index (χ1n) is 7.48. The third-order valence-corrected chi connectivity index (χ3v) is 4.92. The van der Waals surface area contributed by atoms with E-state index in [9.17, 15) is 13.2 Å². The Balaban J connectivity index is 2.57. The van der Waals surface area contributed by atoms with Crippen LogP contribution >= 0.6 is 11.6 Å². The molecule has 0 saturated carbocycles. The number of carbonyl (C=O) groups excluding carboxylic acids is 1. The Morgan fingerprint density at radius 1 is 1.17 bits per heavy atom. The first-order valence-corrected chi connectivity index (χ1v) is 9.70. The highest BCUT2D eigenvalue weighted by Crippen LogP contribution is 2.13. The van der Waals surface area contributed by atoms with Gasteiger partial charge in [0.25, 0.3) is 0 Å². The Kier molecular flexibility index (Phi) is 7.04. The second kappa shape index (κ2) is 8.13. The van der Waals surface area contributed by atoms with Gasteiger partial charge >= 0.3 is 0 Å². The van der Waals surface area contributed by atoms with E-state index in [2.05, 4.69) is 5.32 Å². The number of amides is 1. The van der Waals surface area contributed by atoms with Crippen LogP contribution in [0.15, 0.2) is 24.3 Å². The van der Waals surface area contributed by atoms with Gasteiger partial charge in [-0.1, -0.05) is 44.5 Å². The minimum absolute atomic E-state index is 0.0938. The Bertz CT molecular complexity index is 622. The summed E-state index contributed by atoms with van der Waals surface area (Å²) >= 11 is 5.84. The van der Waals surface area contributed by atoms with Crippen molar-refractivity contribution in [3.8, 4) is 0 Å². The average molecular weight is 361 g/mol. The summed E-state index contributed by atoms with van der Waals surface area (Å²) in [5.74, 6) is -0.0938. The van der Waals surface area contributed by atoms with Crippen molar-refractivity contribution in [2.45, 2.75) is 27.2 Å². The van der Waals surface area contributed by atoms with Crippen molar-refractivity contribution >= 4 is 27.5 Å². The van der Waals surface area contributed by atoms with E-state index in [0.29, 0.717) is 24.5 Å². The number of halogens is 1. The molecule has 0 aliphatic carbocycles. The van der Waals surface area contributed by atoms with Crippen LogP contribution in [0.4, 0.5) is 0 Å². The van der Waals surface area contributed by atoms with Crippen molar-refractivity contribution < 1.29 is 13.2 Å². The van der Waals surface area contributed by atoms with Gasteiger partial charge in [0.15, 0.2) is 0 Å². The molecule has 1 rings (SSSR count). The van der Waals surface area contributed by atoms with Crippen LogP contribution in [0.3, 0.4) is 0 Å². The first-order chi connectivity index (χ1) is 10.5. The van der Waals surface area contributed by atoms with E-state index < -0.39 is 15.4 Å². The van der Waals surface area contributed by atoms with E-state index in [0.717, 1.165) is 5.56 Å². The molecule has 1 N–H and O–H groups in total. The molecule has 0 aliphatic rings. The number of rotatable bonds is 7. The molecule has 0 bridgehead atoms. The predicted molar refractivity (Wildman–Crippen MR) is 94.0 cm³/mol. The Hall–Kier alpha value is -1.11. The Labute approximate surface area is 144 Å². The number of nitrogens with zero attached hydrogens (tertiary/aromatic N) is 1. The lowest BCUT2D eigenvalue weighted by molar-refractivity contribution is -0.128. The summed E-state index contributed by atoms with van der Waals surface area (Å²) in [4.78, 5) is 11.8. The van der Waals surface area contributed by atoms with Gasteiger partial charge in [-0.2, -0.15) is 0 Å². The van der Waals surface area contributed by atoms with Gasteiger partial charge in [0.2, 0.25) is 15.9 Å². The van der Waals surface area contributed by atoms with Crippen LogP contribution in [0.5, 0.6) is 0 Å². The lowest BCUT2D eigenvalue weighted by Gasteiger charge is -2.22. The monoisotopic (exact) mass is 360 g/mol. The van der Waals surface area contributed by atoms with Gasteiger partial charge in [-0.05, 0) is 24.1 Å². The van der Waals surface area contributed by atoms with E-state index in [4.69, 9.17) is 11.6 Å². The molecule has 0 fully saturated rings. The summed E-state index contributed by atoms with van der Waals surface area (Å²) in [5, 5.41) is 3.42. The highest BCUT2D eigenvalue weighted by molar-refractivity contribution is 7.88. The highest BCUT2D eigenvalue weighted by atomic mass is 35.5. The summed E-state index contributed by atoms with van der Waals surface area (Å²) in [6.45, 7) is 6.37. The van der Waals surface area contributed by atoms with Gasteiger partial charge < -0.3 is 5.32 Å². The van der Waals surface area contributed by atoms with Gasteiger partial charge in [0.05, 0.1) is 6.26 Å². The molecular weight excluding hydrogens is 336 g/mol. The topological polar surface area (TPSA) is 66.5 Å². The van der Waals surface area contributed by atoms with E-state index in [1.165, 1.54) is 10.6 Å². The van der Waals surface area contributed by atoms with E-state index in [1.807, 2.05) is 32.9 Å². The Morgan fingerprint density at radius 2 is 1.74 bits per heavy atom. The standard InChI is InChI=1S/C16H25ClN2O3S/c1-16(2,3)15(20)18-10-12-19(23(4,21)22)11-9-13-5-7-14(17)8-6-13/h5-8H,9-12H2,1-4H3,(H,18,20). The smallest absolute Gasteiger partial charge is 0.225 e. The molecule has 0 aliphatic heterocycles. The molecule has 1 amide bonds. The lowest BCUT2D eigenvalue weighted by atomic mass is 9.96. The summed E-state index contributed by atoms with van der Waals surface area (Å²) in [6.07, 6.45) is 1.78. The van der Waals surface area contributed by atoms with Crippen LogP contribution in [-0.2, 0) is 21.2 Å². The number of carbonyl (C=O) groups is 1. The number of sulfonamides is 1. The summed E-state index contributed by atoms with van der Waals surface area (Å²) in [6, 6.07) is 7.32. The van der Waals surface area contributed by atoms with Crippen LogP contribution in [0.2, 0.25) is 5.02 Å². The lowest BCUT2D eigenvalue weighted by Crippen LogP contribution is -2.42. The zero-order valence-electron chi connectivity index (χ0n) is 14.1. The molecule has 5 nitrogen and oxygen atoms in total. The molecule has 130 valence electrons. The van der Waals surface area contributed by atoms with Crippen molar-refractivity contribution in [1.82, 2.24) is 9.62 Å². The quantitative estimate of drug-likeness (QED) is 0.811. The maximum Gasteiger partial charge on any atom is 0.225 e. The van der Waals surface area contributed by atoms with Crippen molar-refractivity contribution in [1.29, 1.82) is 0 Å². The molecule has 0 unspecified atom stereocenters. The Morgan fingerprint density at radius 3 is 2.22 bits per heavy atom. The fraction of sp³-hybridized carbons (Fsp3) is 0.562. The third kappa shape index (κ3) is 7.33. The van der Waals surface area contributed by atoms with Gasteiger partial charge in [-0.25, -0.2) is 12.7 Å². The number of benzene rings is 1. The average Bonchev–Trinajstić information content (AvgIpc) is 2.41. The third-order valence-electron chi connectivity index (χ3n) is 3.36. The zero-order valence-corrected chi connectivity index (χ0v) is 15.7. The molecule has 0 aromatic heterocycles. The van der Waals surface area contributed by atoms with Gasteiger partial charge in [0.1, 0.15) is 0 Å². The molecule has 0 heterocycles. The maximum absolute atomic E-state index is 11.9. The second-order valence-electron chi connectivity index (χ2n) is 6.54. The van der Waals surface area contributed by atoms with Crippen molar-refractivity contribution in [2.75, 3.05) is 25.9 Å². The van der Waals surface area contributed by atoms with Crippen LogP contribution < -0.4 is 5.32 Å². The molecular formula is C16H25ClN2O3S. The highest BCUT2D eigenvalue weighted by Gasteiger charge is 2.22. The largest absolute Gasteiger partial charge is 0.354 e. The first kappa shape index (κ1) is 19.9. The molecule has 0 saturated heterocycles. The molecule has 7 heteroatoms. The van der Waals surface area contributed by atoms with Gasteiger partial charge in [-0.15, -0.1) is 0 Å². The summed E-state index contributed by atoms with van der Waals surface area (Å²) in [7, 11) is -3.32. The summed E-state index contributed by atoms with van der Waals surface area (Å²) in [5.41, 5.74) is 0.529. The molecule has 0 radical (unpaired) electrons. The zero-order chi connectivity index (χ0) is 17.7. The second-order valence-corrected chi connectivity index (χ2v) is 8.96. The van der Waals surface area contributed by atoms with Gasteiger partial charge in [0, 0.05) is 30.1 Å². The van der Waals surface area contributed by atoms with Crippen LogP contribution in [0, 0.1) is 5.41 Å². The fourth-order valence-corrected chi connectivity index (χ4v) is 2.88. The maximum atomic E-state index is 11.9. The number of hydrogen-bond acceptors (Lipinski definition) is 3. The predicted octanol–water partition coefficient (Wildman–Crippen LogP) is 2.31. The number of nitrogens with one attached hydrogen (secondary N) is 1. The van der Waals surface area contributed by atoms with E-state index in [-0.39, 0.29) is 12.5 Å². The summed E-state index contributed by atoms with van der Waals surface area (Å²) < 4.78 is 25.1. The van der Waals surface area contributed by atoms with E-state index in [1.54, 1.807) is 12.1 Å². The number of hydrogen-bond donors (Lipinski definition) is 1. The van der Waals surface area contributed by atoms with Crippen molar-refractivity contribution in [3.63, 3.8) is 0 Å². The molecule has 0 atom stereocenters. The van der Waals surface area contributed by atoms with Gasteiger partial charge in [-0.3, -0.25) is 4.79 Å².